The lowest BCUT2D eigenvalue weighted by atomic mass is 10.1. The van der Waals surface area contributed by atoms with E-state index in [1.165, 1.54) is 47.3 Å². The summed E-state index contributed by atoms with van der Waals surface area (Å²) in [4.78, 5) is 27.7. The van der Waals surface area contributed by atoms with Crippen LogP contribution in [0.5, 0.6) is 5.75 Å². The quantitative estimate of drug-likeness (QED) is 0.359. The molecule has 0 fully saturated rings. The summed E-state index contributed by atoms with van der Waals surface area (Å²) in [6, 6.07) is 9.05. The number of aromatic nitrogens is 3. The highest BCUT2D eigenvalue weighted by Crippen LogP contribution is 2.36. The molecule has 0 N–H and O–H groups in total. The molecule has 1 aromatic carbocycles. The summed E-state index contributed by atoms with van der Waals surface area (Å²) in [5, 5.41) is 6.67. The van der Waals surface area contributed by atoms with Gasteiger partial charge in [-0.25, -0.2) is 9.48 Å². The van der Waals surface area contributed by atoms with E-state index in [0.29, 0.717) is 21.3 Å². The molecule has 6 nitrogen and oxygen atoms in total. The normalized spacial score (nSPS) is 11.6. The Labute approximate surface area is 171 Å². The van der Waals surface area contributed by atoms with Crippen molar-refractivity contribution in [3.8, 4) is 28.1 Å². The topological polar surface area (TPSA) is 74.1 Å². The largest absolute Gasteiger partial charge is 0.491 e. The van der Waals surface area contributed by atoms with Crippen molar-refractivity contribution in [1.82, 2.24) is 14.8 Å². The lowest BCUT2D eigenvalue weighted by molar-refractivity contribution is -0.189. The summed E-state index contributed by atoms with van der Waals surface area (Å²) in [7, 11) is 1.53. The summed E-state index contributed by atoms with van der Waals surface area (Å²) in [5.41, 5.74) is 2.37. The van der Waals surface area contributed by atoms with Gasteiger partial charge in [0.05, 0.1) is 10.1 Å². The van der Waals surface area contributed by atoms with Gasteiger partial charge in [-0.15, -0.1) is 11.3 Å². The van der Waals surface area contributed by atoms with Gasteiger partial charge in [-0.05, 0) is 42.0 Å². The van der Waals surface area contributed by atoms with E-state index in [1.54, 1.807) is 24.5 Å². The van der Waals surface area contributed by atoms with Gasteiger partial charge < -0.3 is 4.74 Å². The van der Waals surface area contributed by atoms with Crippen LogP contribution < -0.4 is 10.3 Å². The SMILES string of the molecule is Cn1nc(-c2ccc(OC(=O)C(F)(F)F)cc2)c2scc(-c3ccncc3)c2c1=O. The number of fused-ring (bicyclic) bond motifs is 1. The van der Waals surface area contributed by atoms with Crippen LogP contribution in [0.1, 0.15) is 0 Å². The third-order valence-corrected chi connectivity index (χ3v) is 5.31. The molecular weight excluding hydrogens is 419 g/mol. The highest BCUT2D eigenvalue weighted by Gasteiger charge is 2.41. The van der Waals surface area contributed by atoms with Crippen LogP contribution in [-0.4, -0.2) is 26.9 Å². The predicted molar refractivity (Wildman–Crippen MR) is 105 cm³/mol. The van der Waals surface area contributed by atoms with Crippen molar-refractivity contribution >= 4 is 27.4 Å². The van der Waals surface area contributed by atoms with E-state index >= 15 is 0 Å². The average molecular weight is 431 g/mol. The molecule has 0 bridgehead atoms. The number of hydrogen-bond acceptors (Lipinski definition) is 6. The highest BCUT2D eigenvalue weighted by atomic mass is 32.1. The second-order valence-corrected chi connectivity index (χ2v) is 7.16. The van der Waals surface area contributed by atoms with Gasteiger partial charge >= 0.3 is 12.1 Å². The van der Waals surface area contributed by atoms with Crippen LogP contribution in [0, 0.1) is 0 Å². The molecule has 4 aromatic rings. The molecule has 0 unspecified atom stereocenters. The number of esters is 1. The predicted octanol–water partition coefficient (Wildman–Crippen LogP) is 4.19. The van der Waals surface area contributed by atoms with Crippen LogP contribution in [-0.2, 0) is 11.8 Å². The van der Waals surface area contributed by atoms with Crippen molar-refractivity contribution in [2.45, 2.75) is 6.18 Å². The summed E-state index contributed by atoms with van der Waals surface area (Å²) in [6.07, 6.45) is -1.82. The van der Waals surface area contributed by atoms with Gasteiger partial charge in [-0.1, -0.05) is 0 Å². The van der Waals surface area contributed by atoms with Crippen LogP contribution >= 0.6 is 11.3 Å². The van der Waals surface area contributed by atoms with Gasteiger partial charge in [0, 0.05) is 35.9 Å². The summed E-state index contributed by atoms with van der Waals surface area (Å²) in [6.45, 7) is 0. The first kappa shape index (κ1) is 19.8. The van der Waals surface area contributed by atoms with E-state index < -0.39 is 12.1 Å². The third kappa shape index (κ3) is 3.57. The molecule has 0 spiro atoms. The molecule has 0 saturated heterocycles. The molecule has 0 atom stereocenters. The zero-order chi connectivity index (χ0) is 21.5. The van der Waals surface area contributed by atoms with E-state index in [-0.39, 0.29) is 11.3 Å². The molecule has 10 heteroatoms. The van der Waals surface area contributed by atoms with Gasteiger partial charge in [0.2, 0.25) is 0 Å². The van der Waals surface area contributed by atoms with E-state index in [0.717, 1.165) is 11.1 Å². The number of carbonyl (C=O) groups is 1. The number of alkyl halides is 3. The molecule has 152 valence electrons. The fraction of sp³-hybridized carbons (Fsp3) is 0.100. The second-order valence-electron chi connectivity index (χ2n) is 6.28. The number of halogens is 3. The van der Waals surface area contributed by atoms with Crippen LogP contribution in [0.25, 0.3) is 32.5 Å². The molecule has 0 amide bonds. The van der Waals surface area contributed by atoms with Crippen LogP contribution in [0.2, 0.25) is 0 Å². The Balaban J connectivity index is 1.79. The Hall–Kier alpha value is -3.53. The second kappa shape index (κ2) is 7.38. The zero-order valence-corrected chi connectivity index (χ0v) is 16.1. The Bertz CT molecular complexity index is 1300. The number of aryl methyl sites for hydroxylation is 1. The Morgan fingerprint density at radius 2 is 1.73 bits per heavy atom. The molecular formula is C20H12F3N3O3S. The van der Waals surface area contributed by atoms with Crippen molar-refractivity contribution in [3.05, 3.63) is 64.5 Å². The highest BCUT2D eigenvalue weighted by molar-refractivity contribution is 7.18. The number of hydrogen-bond donors (Lipinski definition) is 0. The standard InChI is InChI=1S/C20H12F3N3O3S/c1-26-18(27)15-14(11-6-8-24-9-7-11)10-30-17(15)16(25-26)12-2-4-13(5-3-12)29-19(28)20(21,22)23/h2-10H,1H3. The van der Waals surface area contributed by atoms with Crippen LogP contribution in [0.3, 0.4) is 0 Å². The van der Waals surface area contributed by atoms with E-state index in [9.17, 15) is 22.8 Å². The van der Waals surface area contributed by atoms with Crippen LogP contribution in [0.4, 0.5) is 13.2 Å². The molecule has 0 aliphatic carbocycles. The van der Waals surface area contributed by atoms with Gasteiger partial charge in [0.1, 0.15) is 11.4 Å². The van der Waals surface area contributed by atoms with Crippen molar-refractivity contribution < 1.29 is 22.7 Å². The zero-order valence-electron chi connectivity index (χ0n) is 15.3. The summed E-state index contributed by atoms with van der Waals surface area (Å²) in [5.74, 6) is -2.54. The van der Waals surface area contributed by atoms with Gasteiger partial charge in [-0.3, -0.25) is 9.78 Å². The van der Waals surface area contributed by atoms with Crippen molar-refractivity contribution in [1.29, 1.82) is 0 Å². The number of ether oxygens (including phenoxy) is 1. The Kier molecular flexibility index (Phi) is 4.86. The molecule has 3 heterocycles. The fourth-order valence-corrected chi connectivity index (χ4v) is 4.00. The molecule has 3 aromatic heterocycles. The van der Waals surface area contributed by atoms with E-state index in [4.69, 9.17) is 0 Å². The molecule has 0 radical (unpaired) electrons. The smallest absolute Gasteiger partial charge is 0.420 e. The van der Waals surface area contributed by atoms with Crippen molar-refractivity contribution in [2.24, 2.45) is 7.05 Å². The molecule has 0 aliphatic rings. The molecule has 30 heavy (non-hydrogen) atoms. The lowest BCUT2D eigenvalue weighted by Gasteiger charge is -2.09. The van der Waals surface area contributed by atoms with E-state index in [1.807, 2.05) is 5.38 Å². The van der Waals surface area contributed by atoms with Gasteiger partial charge in [-0.2, -0.15) is 18.3 Å². The van der Waals surface area contributed by atoms with Gasteiger partial charge in [0.15, 0.2) is 0 Å². The van der Waals surface area contributed by atoms with Gasteiger partial charge in [0.25, 0.3) is 5.56 Å². The van der Waals surface area contributed by atoms with Crippen molar-refractivity contribution in [3.63, 3.8) is 0 Å². The minimum atomic E-state index is -5.08. The number of nitrogens with zero attached hydrogens (tertiary/aromatic N) is 3. The molecule has 0 aliphatic heterocycles. The minimum Gasteiger partial charge on any atom is -0.420 e. The van der Waals surface area contributed by atoms with E-state index in [2.05, 4.69) is 14.8 Å². The minimum absolute atomic E-state index is 0.245. The Morgan fingerprint density at radius 1 is 1.07 bits per heavy atom. The molecule has 4 rings (SSSR count). The number of pyridine rings is 1. The monoisotopic (exact) mass is 431 g/mol. The number of rotatable bonds is 3. The maximum atomic E-state index is 12.8. The summed E-state index contributed by atoms with van der Waals surface area (Å²) >= 11 is 1.34. The first-order valence-corrected chi connectivity index (χ1v) is 9.42. The summed E-state index contributed by atoms with van der Waals surface area (Å²) < 4.78 is 43.3. The van der Waals surface area contributed by atoms with Crippen LogP contribution in [0.15, 0.2) is 59.0 Å². The van der Waals surface area contributed by atoms with Crippen molar-refractivity contribution in [2.75, 3.05) is 0 Å². The Morgan fingerprint density at radius 3 is 2.37 bits per heavy atom. The third-order valence-electron chi connectivity index (χ3n) is 4.32. The maximum Gasteiger partial charge on any atom is 0.491 e. The molecule has 0 saturated carbocycles. The number of thiophene rings is 1. The number of benzene rings is 1. The number of carbonyl (C=O) groups excluding carboxylic acids is 1. The maximum absolute atomic E-state index is 12.8. The first-order valence-electron chi connectivity index (χ1n) is 8.54. The fourth-order valence-electron chi connectivity index (χ4n) is 2.93. The first-order chi connectivity index (χ1) is 14.3. The average Bonchev–Trinajstić information content (AvgIpc) is 3.17. The lowest BCUT2D eigenvalue weighted by Crippen LogP contribution is -2.27.